The summed E-state index contributed by atoms with van der Waals surface area (Å²) in [4.78, 5) is 11.8. The van der Waals surface area contributed by atoms with Crippen molar-refractivity contribution in [2.75, 3.05) is 0 Å². The zero-order valence-electron chi connectivity index (χ0n) is 9.64. The highest BCUT2D eigenvalue weighted by Crippen LogP contribution is 2.08. The topological polar surface area (TPSA) is 45.8 Å². The van der Waals surface area contributed by atoms with Crippen molar-refractivity contribution in [3.63, 3.8) is 0 Å². The fourth-order valence-corrected chi connectivity index (χ4v) is 1.71. The first-order valence-electron chi connectivity index (χ1n) is 5.55. The van der Waals surface area contributed by atoms with Crippen molar-refractivity contribution in [3.8, 4) is 6.07 Å². The van der Waals surface area contributed by atoms with E-state index in [9.17, 15) is 9.18 Å². The highest BCUT2D eigenvalue weighted by atomic mass is 19.1. The van der Waals surface area contributed by atoms with Crippen LogP contribution in [0.4, 0.5) is 4.39 Å². The molecule has 3 nitrogen and oxygen atoms in total. The van der Waals surface area contributed by atoms with Crippen LogP contribution in [0.15, 0.2) is 42.6 Å². The summed E-state index contributed by atoms with van der Waals surface area (Å²) < 4.78 is 14.4. The minimum absolute atomic E-state index is 0.0624. The van der Waals surface area contributed by atoms with Gasteiger partial charge in [0.25, 0.3) is 0 Å². The van der Waals surface area contributed by atoms with Crippen molar-refractivity contribution < 1.29 is 9.18 Å². The van der Waals surface area contributed by atoms with E-state index in [0.29, 0.717) is 17.8 Å². The Morgan fingerprint density at radius 2 is 2.00 bits per heavy atom. The Kier molecular flexibility index (Phi) is 3.54. The molecule has 0 fully saturated rings. The van der Waals surface area contributed by atoms with E-state index in [4.69, 9.17) is 5.26 Å². The maximum Gasteiger partial charge on any atom is 0.164 e. The molecule has 0 atom stereocenters. The van der Waals surface area contributed by atoms with Crippen LogP contribution in [-0.4, -0.2) is 10.4 Å². The molecule has 0 N–H and O–H groups in total. The van der Waals surface area contributed by atoms with Gasteiger partial charge in [-0.2, -0.15) is 5.26 Å². The van der Waals surface area contributed by atoms with Gasteiger partial charge >= 0.3 is 0 Å². The minimum atomic E-state index is -0.358. The highest BCUT2D eigenvalue weighted by molar-refractivity contribution is 5.95. The first kappa shape index (κ1) is 12.1. The zero-order chi connectivity index (χ0) is 13.0. The van der Waals surface area contributed by atoms with Gasteiger partial charge in [0.15, 0.2) is 5.78 Å². The van der Waals surface area contributed by atoms with Gasteiger partial charge < -0.3 is 4.57 Å². The van der Waals surface area contributed by atoms with Crippen LogP contribution >= 0.6 is 0 Å². The molecule has 0 aliphatic heterocycles. The third-order valence-electron chi connectivity index (χ3n) is 2.69. The Bertz CT molecular complexity index is 593. The SMILES string of the molecule is N#Cc1cccn1CCC(=O)c1ccc(F)cc1. The molecule has 0 unspecified atom stereocenters. The second-order valence-corrected chi connectivity index (χ2v) is 3.88. The average Bonchev–Trinajstić information content (AvgIpc) is 2.84. The lowest BCUT2D eigenvalue weighted by Gasteiger charge is -2.04. The molecule has 2 rings (SSSR count). The minimum Gasteiger partial charge on any atom is -0.339 e. The van der Waals surface area contributed by atoms with Crippen LogP contribution in [-0.2, 0) is 6.54 Å². The molecule has 0 aliphatic rings. The molecule has 0 spiro atoms. The fourth-order valence-electron chi connectivity index (χ4n) is 1.71. The van der Waals surface area contributed by atoms with E-state index in [1.165, 1.54) is 24.3 Å². The number of carbonyl (C=O) groups is 1. The number of hydrogen-bond donors (Lipinski definition) is 0. The number of hydrogen-bond acceptors (Lipinski definition) is 2. The van der Waals surface area contributed by atoms with E-state index in [1.807, 2.05) is 6.07 Å². The molecule has 1 aromatic heterocycles. The number of Topliss-reactive ketones (excluding diaryl/α,β-unsaturated/α-hetero) is 1. The van der Waals surface area contributed by atoms with Crippen LogP contribution in [0, 0.1) is 17.1 Å². The maximum absolute atomic E-state index is 12.7. The van der Waals surface area contributed by atoms with Gasteiger partial charge in [0.1, 0.15) is 17.6 Å². The summed E-state index contributed by atoms with van der Waals surface area (Å²) >= 11 is 0. The van der Waals surface area contributed by atoms with Gasteiger partial charge in [0.2, 0.25) is 0 Å². The number of rotatable bonds is 4. The third kappa shape index (κ3) is 2.64. The van der Waals surface area contributed by atoms with E-state index in [-0.39, 0.29) is 18.0 Å². The Hall–Kier alpha value is -2.41. The lowest BCUT2D eigenvalue weighted by atomic mass is 10.1. The van der Waals surface area contributed by atoms with Gasteiger partial charge in [-0.15, -0.1) is 0 Å². The van der Waals surface area contributed by atoms with Crippen LogP contribution in [0.2, 0.25) is 0 Å². The Morgan fingerprint density at radius 3 is 2.67 bits per heavy atom. The van der Waals surface area contributed by atoms with Gasteiger partial charge in [0, 0.05) is 24.7 Å². The highest BCUT2D eigenvalue weighted by Gasteiger charge is 2.07. The molecule has 0 amide bonds. The van der Waals surface area contributed by atoms with E-state index in [0.717, 1.165) is 0 Å². The summed E-state index contributed by atoms with van der Waals surface area (Å²) in [5, 5.41) is 8.82. The maximum atomic E-state index is 12.7. The van der Waals surface area contributed by atoms with Crippen molar-refractivity contribution in [2.24, 2.45) is 0 Å². The van der Waals surface area contributed by atoms with Gasteiger partial charge in [-0.1, -0.05) is 0 Å². The monoisotopic (exact) mass is 242 g/mol. The van der Waals surface area contributed by atoms with E-state index in [2.05, 4.69) is 0 Å². The van der Waals surface area contributed by atoms with E-state index >= 15 is 0 Å². The van der Waals surface area contributed by atoms with Crippen molar-refractivity contribution in [1.29, 1.82) is 5.26 Å². The summed E-state index contributed by atoms with van der Waals surface area (Å²) in [7, 11) is 0. The lowest BCUT2D eigenvalue weighted by molar-refractivity contribution is 0.0977. The average molecular weight is 242 g/mol. The molecule has 4 heteroatoms. The van der Waals surface area contributed by atoms with E-state index in [1.54, 1.807) is 22.9 Å². The molecule has 18 heavy (non-hydrogen) atoms. The second kappa shape index (κ2) is 5.28. The molecule has 1 aromatic carbocycles. The van der Waals surface area contributed by atoms with Crippen molar-refractivity contribution in [1.82, 2.24) is 4.57 Å². The fraction of sp³-hybridized carbons (Fsp3) is 0.143. The number of carbonyl (C=O) groups excluding carboxylic acids is 1. The molecule has 0 bridgehead atoms. The van der Waals surface area contributed by atoms with Crippen LogP contribution in [0.1, 0.15) is 22.5 Å². The largest absolute Gasteiger partial charge is 0.339 e. The number of benzene rings is 1. The molecular formula is C14H11FN2O. The quantitative estimate of drug-likeness (QED) is 0.774. The molecule has 0 saturated carbocycles. The summed E-state index contributed by atoms with van der Waals surface area (Å²) in [5.74, 6) is -0.420. The number of aromatic nitrogens is 1. The molecule has 0 saturated heterocycles. The first-order valence-corrected chi connectivity index (χ1v) is 5.55. The predicted octanol–water partition coefficient (Wildman–Crippen LogP) is 2.77. The lowest BCUT2D eigenvalue weighted by Crippen LogP contribution is -2.06. The van der Waals surface area contributed by atoms with Gasteiger partial charge in [-0.05, 0) is 36.4 Å². The van der Waals surface area contributed by atoms with Crippen LogP contribution < -0.4 is 0 Å². The summed E-state index contributed by atoms with van der Waals surface area (Å²) in [6.45, 7) is 0.450. The molecule has 1 heterocycles. The molecular weight excluding hydrogens is 231 g/mol. The molecule has 90 valence electrons. The predicted molar refractivity (Wildman–Crippen MR) is 64.5 cm³/mol. The molecule has 0 radical (unpaired) electrons. The van der Waals surface area contributed by atoms with Crippen LogP contribution in [0.3, 0.4) is 0 Å². The third-order valence-corrected chi connectivity index (χ3v) is 2.69. The van der Waals surface area contributed by atoms with Gasteiger partial charge in [-0.25, -0.2) is 4.39 Å². The van der Waals surface area contributed by atoms with Crippen LogP contribution in [0.5, 0.6) is 0 Å². The summed E-state index contributed by atoms with van der Waals surface area (Å²) in [5.41, 5.74) is 1.02. The molecule has 0 aliphatic carbocycles. The van der Waals surface area contributed by atoms with Crippen molar-refractivity contribution >= 4 is 5.78 Å². The Labute approximate surface area is 104 Å². The van der Waals surface area contributed by atoms with E-state index < -0.39 is 0 Å². The second-order valence-electron chi connectivity index (χ2n) is 3.88. The number of aryl methyl sites for hydroxylation is 1. The smallest absolute Gasteiger partial charge is 0.164 e. The van der Waals surface area contributed by atoms with Gasteiger partial charge in [0.05, 0.1) is 0 Å². The number of nitrogens with zero attached hydrogens (tertiary/aromatic N) is 2. The zero-order valence-corrected chi connectivity index (χ0v) is 9.64. The number of halogens is 1. The summed E-state index contributed by atoms with van der Waals surface area (Å²) in [6, 6.07) is 11.0. The summed E-state index contributed by atoms with van der Waals surface area (Å²) in [6.07, 6.45) is 2.05. The Balaban J connectivity index is 2.01. The standard InChI is InChI=1S/C14H11FN2O/c15-12-5-3-11(4-6-12)14(18)7-9-17-8-1-2-13(17)10-16/h1-6,8H,7,9H2. The van der Waals surface area contributed by atoms with Gasteiger partial charge in [-0.3, -0.25) is 4.79 Å². The number of ketones is 1. The number of nitriles is 1. The normalized spacial score (nSPS) is 10.0. The Morgan fingerprint density at radius 1 is 1.28 bits per heavy atom. The molecule has 2 aromatic rings. The first-order chi connectivity index (χ1) is 8.70. The van der Waals surface area contributed by atoms with Crippen molar-refractivity contribution in [2.45, 2.75) is 13.0 Å². The van der Waals surface area contributed by atoms with Crippen LogP contribution in [0.25, 0.3) is 0 Å². The van der Waals surface area contributed by atoms with Crippen molar-refractivity contribution in [3.05, 3.63) is 59.7 Å².